The number of benzene rings is 2. The van der Waals surface area contributed by atoms with Crippen molar-refractivity contribution in [1.82, 2.24) is 10.2 Å². The van der Waals surface area contributed by atoms with Crippen molar-refractivity contribution in [3.63, 3.8) is 0 Å². The molecule has 3 nitrogen and oxygen atoms in total. The van der Waals surface area contributed by atoms with Crippen LogP contribution in [0.15, 0.2) is 52.9 Å². The Hall–Kier alpha value is -1.69. The standard InChI is InChI=1S/C15H11IN2O/c1-10-2-4-11(5-3-10)14-17-18-15(19-14)12-6-8-13(16)9-7-12/h2-9H,1H3. The molecular weight excluding hydrogens is 351 g/mol. The third-order valence-corrected chi connectivity index (χ3v) is 3.53. The molecule has 19 heavy (non-hydrogen) atoms. The number of hydrogen-bond donors (Lipinski definition) is 0. The van der Waals surface area contributed by atoms with Crippen LogP contribution in [-0.2, 0) is 0 Å². The van der Waals surface area contributed by atoms with Crippen LogP contribution in [0.5, 0.6) is 0 Å². The fourth-order valence-electron chi connectivity index (χ4n) is 1.75. The smallest absolute Gasteiger partial charge is 0.248 e. The highest BCUT2D eigenvalue weighted by molar-refractivity contribution is 14.1. The lowest BCUT2D eigenvalue weighted by Gasteiger charge is -1.96. The van der Waals surface area contributed by atoms with Crippen LogP contribution < -0.4 is 0 Å². The van der Waals surface area contributed by atoms with E-state index in [-0.39, 0.29) is 0 Å². The van der Waals surface area contributed by atoms with Crippen LogP contribution in [0.1, 0.15) is 5.56 Å². The van der Waals surface area contributed by atoms with E-state index in [9.17, 15) is 0 Å². The molecule has 0 aliphatic rings. The van der Waals surface area contributed by atoms with Gasteiger partial charge in [0.15, 0.2) is 0 Å². The van der Waals surface area contributed by atoms with Gasteiger partial charge in [0.2, 0.25) is 11.8 Å². The number of aryl methyl sites for hydroxylation is 1. The van der Waals surface area contributed by atoms with Gasteiger partial charge in [-0.3, -0.25) is 0 Å². The van der Waals surface area contributed by atoms with Crippen molar-refractivity contribution in [3.8, 4) is 22.9 Å². The van der Waals surface area contributed by atoms with Crippen molar-refractivity contribution < 1.29 is 4.42 Å². The van der Waals surface area contributed by atoms with Gasteiger partial charge in [-0.2, -0.15) is 0 Å². The fourth-order valence-corrected chi connectivity index (χ4v) is 2.10. The van der Waals surface area contributed by atoms with Crippen molar-refractivity contribution in [2.45, 2.75) is 6.92 Å². The van der Waals surface area contributed by atoms with Gasteiger partial charge in [-0.05, 0) is 65.9 Å². The number of aromatic nitrogens is 2. The molecule has 0 unspecified atom stereocenters. The van der Waals surface area contributed by atoms with Crippen molar-refractivity contribution in [3.05, 3.63) is 57.7 Å². The first kappa shape index (κ1) is 12.3. The molecule has 0 radical (unpaired) electrons. The van der Waals surface area contributed by atoms with Gasteiger partial charge in [0.05, 0.1) is 0 Å². The maximum absolute atomic E-state index is 5.71. The van der Waals surface area contributed by atoms with Gasteiger partial charge in [-0.1, -0.05) is 17.7 Å². The molecule has 1 heterocycles. The van der Waals surface area contributed by atoms with E-state index < -0.39 is 0 Å². The van der Waals surface area contributed by atoms with Gasteiger partial charge >= 0.3 is 0 Å². The van der Waals surface area contributed by atoms with E-state index in [0.717, 1.165) is 11.1 Å². The Morgan fingerprint density at radius 3 is 1.79 bits per heavy atom. The summed E-state index contributed by atoms with van der Waals surface area (Å²) in [6.07, 6.45) is 0. The molecule has 3 aromatic rings. The van der Waals surface area contributed by atoms with Crippen LogP contribution in [0.25, 0.3) is 22.9 Å². The lowest BCUT2D eigenvalue weighted by molar-refractivity contribution is 0.584. The highest BCUT2D eigenvalue weighted by atomic mass is 127. The number of nitrogens with zero attached hydrogens (tertiary/aromatic N) is 2. The second-order valence-corrected chi connectivity index (χ2v) is 5.53. The van der Waals surface area contributed by atoms with E-state index >= 15 is 0 Å². The average molecular weight is 362 g/mol. The summed E-state index contributed by atoms with van der Waals surface area (Å²) in [4.78, 5) is 0. The van der Waals surface area contributed by atoms with Crippen LogP contribution in [-0.4, -0.2) is 10.2 Å². The van der Waals surface area contributed by atoms with Crippen LogP contribution >= 0.6 is 22.6 Å². The lowest BCUT2D eigenvalue weighted by atomic mass is 10.1. The maximum Gasteiger partial charge on any atom is 0.248 e. The van der Waals surface area contributed by atoms with Crippen LogP contribution in [0.2, 0.25) is 0 Å². The van der Waals surface area contributed by atoms with Crippen LogP contribution in [0.3, 0.4) is 0 Å². The molecule has 4 heteroatoms. The van der Waals surface area contributed by atoms with Crippen molar-refractivity contribution in [2.75, 3.05) is 0 Å². The largest absolute Gasteiger partial charge is 0.416 e. The molecule has 94 valence electrons. The molecule has 0 fully saturated rings. The Morgan fingerprint density at radius 2 is 1.26 bits per heavy atom. The highest BCUT2D eigenvalue weighted by Gasteiger charge is 2.09. The molecule has 0 aliphatic heterocycles. The molecule has 0 spiro atoms. The minimum atomic E-state index is 0.548. The Kier molecular flexibility index (Phi) is 3.33. The molecule has 0 N–H and O–H groups in total. The molecule has 0 amide bonds. The zero-order valence-electron chi connectivity index (χ0n) is 10.3. The molecule has 0 bridgehead atoms. The Labute approximate surface area is 124 Å². The monoisotopic (exact) mass is 362 g/mol. The summed E-state index contributed by atoms with van der Waals surface area (Å²) in [5.74, 6) is 1.10. The fraction of sp³-hybridized carbons (Fsp3) is 0.0667. The van der Waals surface area contributed by atoms with Gasteiger partial charge in [-0.15, -0.1) is 10.2 Å². The van der Waals surface area contributed by atoms with Crippen LogP contribution in [0.4, 0.5) is 0 Å². The lowest BCUT2D eigenvalue weighted by Crippen LogP contribution is -1.78. The minimum absolute atomic E-state index is 0.548. The first-order chi connectivity index (χ1) is 9.22. The summed E-state index contributed by atoms with van der Waals surface area (Å²) in [6, 6.07) is 16.0. The summed E-state index contributed by atoms with van der Waals surface area (Å²) < 4.78 is 6.89. The predicted molar refractivity (Wildman–Crippen MR) is 82.6 cm³/mol. The van der Waals surface area contributed by atoms with Crippen molar-refractivity contribution in [2.24, 2.45) is 0 Å². The molecule has 0 saturated carbocycles. The van der Waals surface area contributed by atoms with E-state index in [1.807, 2.05) is 48.5 Å². The van der Waals surface area contributed by atoms with E-state index in [2.05, 4.69) is 39.7 Å². The van der Waals surface area contributed by atoms with Crippen molar-refractivity contribution in [1.29, 1.82) is 0 Å². The van der Waals surface area contributed by atoms with E-state index in [1.54, 1.807) is 0 Å². The topological polar surface area (TPSA) is 38.9 Å². The molecule has 2 aromatic carbocycles. The zero-order chi connectivity index (χ0) is 13.2. The number of halogens is 1. The Morgan fingerprint density at radius 1 is 0.789 bits per heavy atom. The molecular formula is C15H11IN2O. The SMILES string of the molecule is Cc1ccc(-c2nnc(-c3ccc(I)cc3)o2)cc1. The Bertz CT molecular complexity index is 627. The number of hydrogen-bond acceptors (Lipinski definition) is 3. The first-order valence-electron chi connectivity index (χ1n) is 5.89. The quantitative estimate of drug-likeness (QED) is 0.638. The van der Waals surface area contributed by atoms with Crippen molar-refractivity contribution >= 4 is 22.6 Å². The van der Waals surface area contributed by atoms with E-state index in [4.69, 9.17) is 4.42 Å². The molecule has 0 aliphatic carbocycles. The average Bonchev–Trinajstić information content (AvgIpc) is 2.90. The second kappa shape index (κ2) is 5.13. The third kappa shape index (κ3) is 2.68. The van der Waals surface area contributed by atoms with Gasteiger partial charge in [-0.25, -0.2) is 0 Å². The normalized spacial score (nSPS) is 10.6. The minimum Gasteiger partial charge on any atom is -0.416 e. The van der Waals surface area contributed by atoms with E-state index in [0.29, 0.717) is 11.8 Å². The summed E-state index contributed by atoms with van der Waals surface area (Å²) in [5.41, 5.74) is 3.09. The molecule has 0 atom stereocenters. The van der Waals surface area contributed by atoms with Gasteiger partial charge in [0.1, 0.15) is 0 Å². The summed E-state index contributed by atoms with van der Waals surface area (Å²) in [6.45, 7) is 2.05. The van der Waals surface area contributed by atoms with Crippen LogP contribution in [0, 0.1) is 10.5 Å². The van der Waals surface area contributed by atoms with Gasteiger partial charge in [0, 0.05) is 14.7 Å². The zero-order valence-corrected chi connectivity index (χ0v) is 12.5. The summed E-state index contributed by atoms with van der Waals surface area (Å²) >= 11 is 2.27. The second-order valence-electron chi connectivity index (χ2n) is 4.29. The van der Waals surface area contributed by atoms with E-state index in [1.165, 1.54) is 9.13 Å². The third-order valence-electron chi connectivity index (χ3n) is 2.81. The first-order valence-corrected chi connectivity index (χ1v) is 6.97. The number of rotatable bonds is 2. The maximum atomic E-state index is 5.71. The van der Waals surface area contributed by atoms with Gasteiger partial charge < -0.3 is 4.42 Å². The molecule has 1 aromatic heterocycles. The molecule has 3 rings (SSSR count). The Balaban J connectivity index is 1.95. The summed E-state index contributed by atoms with van der Waals surface area (Å²) in [5, 5.41) is 8.19. The highest BCUT2D eigenvalue weighted by Crippen LogP contribution is 2.24. The van der Waals surface area contributed by atoms with Gasteiger partial charge in [0.25, 0.3) is 0 Å². The summed E-state index contributed by atoms with van der Waals surface area (Å²) in [7, 11) is 0. The predicted octanol–water partition coefficient (Wildman–Crippen LogP) is 4.32. The molecule has 0 saturated heterocycles.